The first-order chi connectivity index (χ1) is 9.24. The van der Waals surface area contributed by atoms with E-state index in [-0.39, 0.29) is 5.92 Å². The summed E-state index contributed by atoms with van der Waals surface area (Å²) in [5.74, 6) is 2.69. The van der Waals surface area contributed by atoms with Crippen LogP contribution in [0.2, 0.25) is 0 Å². The zero-order valence-electron chi connectivity index (χ0n) is 11.1. The van der Waals surface area contributed by atoms with Crippen LogP contribution in [0.5, 0.6) is 0 Å². The fraction of sp³-hybridized carbons (Fsp3) is 0.429. The summed E-state index contributed by atoms with van der Waals surface area (Å²) in [6, 6.07) is 8.85. The van der Waals surface area contributed by atoms with Crippen molar-refractivity contribution in [1.29, 1.82) is 0 Å². The van der Waals surface area contributed by atoms with Crippen LogP contribution < -0.4 is 5.32 Å². The predicted molar refractivity (Wildman–Crippen MR) is 75.3 cm³/mol. The zero-order chi connectivity index (χ0) is 13.2. The van der Waals surface area contributed by atoms with Gasteiger partial charge in [-0.05, 0) is 11.6 Å². The van der Waals surface area contributed by atoms with E-state index in [1.54, 1.807) is 0 Å². The average Bonchev–Trinajstić information content (AvgIpc) is 3.02. The van der Waals surface area contributed by atoms with Gasteiger partial charge in [0.2, 0.25) is 5.89 Å². The summed E-state index contributed by atoms with van der Waals surface area (Å²) in [7, 11) is 0. The van der Waals surface area contributed by atoms with E-state index >= 15 is 0 Å². The number of fused-ring (bicyclic) bond motifs is 1. The van der Waals surface area contributed by atoms with Gasteiger partial charge in [-0.1, -0.05) is 37.2 Å². The molecule has 0 radical (unpaired) electrons. The van der Waals surface area contributed by atoms with Gasteiger partial charge in [-0.15, -0.1) is 11.8 Å². The molecule has 0 saturated heterocycles. The predicted octanol–water partition coefficient (Wildman–Crippen LogP) is 2.81. The van der Waals surface area contributed by atoms with Crippen LogP contribution in [0.3, 0.4) is 0 Å². The van der Waals surface area contributed by atoms with Crippen LogP contribution in [0.15, 0.2) is 33.7 Å². The smallest absolute Gasteiger partial charge is 0.235 e. The van der Waals surface area contributed by atoms with Crippen LogP contribution in [-0.4, -0.2) is 21.9 Å². The molecule has 1 aliphatic heterocycles. The first kappa shape index (κ1) is 12.7. The minimum Gasteiger partial charge on any atom is -0.339 e. The number of aromatic nitrogens is 2. The summed E-state index contributed by atoms with van der Waals surface area (Å²) in [5, 5.41) is 7.34. The lowest BCUT2D eigenvalue weighted by atomic mass is 10.0. The van der Waals surface area contributed by atoms with Crippen LogP contribution >= 0.6 is 11.8 Å². The number of nitrogens with zero attached hydrogens (tertiary/aromatic N) is 2. The topological polar surface area (TPSA) is 51.0 Å². The van der Waals surface area contributed by atoms with Crippen molar-refractivity contribution < 1.29 is 4.52 Å². The van der Waals surface area contributed by atoms with Gasteiger partial charge < -0.3 is 9.84 Å². The first-order valence-corrected chi connectivity index (χ1v) is 7.50. The third-order valence-corrected chi connectivity index (χ3v) is 4.33. The molecular formula is C14H17N3OS. The van der Waals surface area contributed by atoms with Crippen molar-refractivity contribution in [2.24, 2.45) is 0 Å². The molecule has 4 nitrogen and oxygen atoms in total. The highest BCUT2D eigenvalue weighted by molar-refractivity contribution is 7.99. The van der Waals surface area contributed by atoms with Gasteiger partial charge in [0.1, 0.15) is 0 Å². The van der Waals surface area contributed by atoms with Crippen LogP contribution in [0, 0.1) is 0 Å². The number of hydrogen-bond donors (Lipinski definition) is 1. The summed E-state index contributed by atoms with van der Waals surface area (Å²) in [4.78, 5) is 5.84. The molecule has 2 heterocycles. The highest BCUT2D eigenvalue weighted by atomic mass is 32.2. The molecule has 0 fully saturated rings. The number of benzene rings is 1. The van der Waals surface area contributed by atoms with E-state index in [2.05, 4.69) is 53.6 Å². The highest BCUT2D eigenvalue weighted by Crippen LogP contribution is 2.42. The Bertz CT molecular complexity index is 567. The lowest BCUT2D eigenvalue weighted by molar-refractivity contribution is 0.364. The minimum atomic E-state index is 0.237. The molecule has 0 aliphatic carbocycles. The van der Waals surface area contributed by atoms with E-state index in [4.69, 9.17) is 4.52 Å². The van der Waals surface area contributed by atoms with Crippen molar-refractivity contribution in [3.8, 4) is 0 Å². The van der Waals surface area contributed by atoms with Gasteiger partial charge >= 0.3 is 0 Å². The Morgan fingerprint density at radius 3 is 3.11 bits per heavy atom. The molecule has 100 valence electrons. The maximum Gasteiger partial charge on any atom is 0.235 e. The van der Waals surface area contributed by atoms with Gasteiger partial charge in [0.05, 0.1) is 12.5 Å². The Hall–Kier alpha value is -1.33. The molecule has 1 atom stereocenters. The maximum absolute atomic E-state index is 5.42. The molecule has 19 heavy (non-hydrogen) atoms. The Labute approximate surface area is 117 Å². The normalized spacial score (nSPS) is 17.9. The Balaban J connectivity index is 1.77. The van der Waals surface area contributed by atoms with Gasteiger partial charge in [0.25, 0.3) is 0 Å². The molecule has 1 aromatic carbocycles. The van der Waals surface area contributed by atoms with E-state index in [0.29, 0.717) is 12.6 Å². The van der Waals surface area contributed by atoms with Crippen LogP contribution in [-0.2, 0) is 6.54 Å². The summed E-state index contributed by atoms with van der Waals surface area (Å²) in [6.45, 7) is 4.86. The summed E-state index contributed by atoms with van der Waals surface area (Å²) < 4.78 is 5.42. The molecule has 5 heteroatoms. The highest BCUT2D eigenvalue weighted by Gasteiger charge is 2.28. The maximum atomic E-state index is 5.42. The standard InChI is InChI=1S/C14H17N3OS/c1-9(2)15-7-13-16-14(18-17-13)11-8-19-12-6-4-3-5-10(11)12/h3-6,9,11,15H,7-8H2,1-2H3. The Morgan fingerprint density at radius 2 is 2.26 bits per heavy atom. The molecule has 0 bridgehead atoms. The molecule has 2 aromatic rings. The van der Waals surface area contributed by atoms with Gasteiger partial charge in [0, 0.05) is 16.7 Å². The lowest BCUT2D eigenvalue weighted by Crippen LogP contribution is -2.22. The molecule has 0 amide bonds. The molecule has 0 spiro atoms. The second-order valence-corrected chi connectivity index (χ2v) is 6.05. The fourth-order valence-electron chi connectivity index (χ4n) is 2.14. The van der Waals surface area contributed by atoms with Crippen molar-refractivity contribution in [3.05, 3.63) is 41.5 Å². The fourth-order valence-corrected chi connectivity index (χ4v) is 3.36. The molecular weight excluding hydrogens is 258 g/mol. The van der Waals surface area contributed by atoms with Crippen LogP contribution in [0.1, 0.15) is 37.0 Å². The first-order valence-electron chi connectivity index (χ1n) is 6.51. The average molecular weight is 275 g/mol. The monoisotopic (exact) mass is 275 g/mol. The van der Waals surface area contributed by atoms with Crippen molar-refractivity contribution in [3.63, 3.8) is 0 Å². The molecule has 1 unspecified atom stereocenters. The van der Waals surface area contributed by atoms with Crippen LogP contribution in [0.4, 0.5) is 0 Å². The number of thioether (sulfide) groups is 1. The Kier molecular flexibility index (Phi) is 3.57. The van der Waals surface area contributed by atoms with E-state index in [1.807, 2.05) is 11.8 Å². The lowest BCUT2D eigenvalue weighted by Gasteiger charge is -2.04. The second-order valence-electron chi connectivity index (χ2n) is 4.99. The summed E-state index contributed by atoms with van der Waals surface area (Å²) >= 11 is 1.85. The number of hydrogen-bond acceptors (Lipinski definition) is 5. The largest absolute Gasteiger partial charge is 0.339 e. The number of nitrogens with one attached hydrogen (secondary N) is 1. The van der Waals surface area contributed by atoms with Gasteiger partial charge in [-0.25, -0.2) is 0 Å². The van der Waals surface area contributed by atoms with E-state index in [1.165, 1.54) is 10.5 Å². The molecule has 0 saturated carbocycles. The van der Waals surface area contributed by atoms with Gasteiger partial charge in [-0.3, -0.25) is 0 Å². The van der Waals surface area contributed by atoms with Crippen LogP contribution in [0.25, 0.3) is 0 Å². The zero-order valence-corrected chi connectivity index (χ0v) is 11.9. The summed E-state index contributed by atoms with van der Waals surface area (Å²) in [5.41, 5.74) is 1.31. The SMILES string of the molecule is CC(C)NCc1noc(C2CSc3ccccc32)n1. The second kappa shape index (κ2) is 5.35. The summed E-state index contributed by atoms with van der Waals surface area (Å²) in [6.07, 6.45) is 0. The van der Waals surface area contributed by atoms with E-state index < -0.39 is 0 Å². The van der Waals surface area contributed by atoms with Crippen molar-refractivity contribution >= 4 is 11.8 Å². The number of rotatable bonds is 4. The third kappa shape index (κ3) is 2.67. The van der Waals surface area contributed by atoms with Crippen molar-refractivity contribution in [2.75, 3.05) is 5.75 Å². The third-order valence-electron chi connectivity index (χ3n) is 3.15. The minimum absolute atomic E-state index is 0.237. The van der Waals surface area contributed by atoms with Crippen molar-refractivity contribution in [1.82, 2.24) is 15.5 Å². The van der Waals surface area contributed by atoms with Gasteiger partial charge in [-0.2, -0.15) is 4.98 Å². The molecule has 1 N–H and O–H groups in total. The quantitative estimate of drug-likeness (QED) is 0.930. The van der Waals surface area contributed by atoms with Crippen molar-refractivity contribution in [2.45, 2.75) is 37.2 Å². The molecule has 1 aliphatic rings. The molecule has 3 rings (SSSR count). The Morgan fingerprint density at radius 1 is 1.42 bits per heavy atom. The van der Waals surface area contributed by atoms with E-state index in [0.717, 1.165) is 17.5 Å². The van der Waals surface area contributed by atoms with Gasteiger partial charge in [0.15, 0.2) is 5.82 Å². The molecule has 1 aromatic heterocycles. The van der Waals surface area contributed by atoms with E-state index in [9.17, 15) is 0 Å².